The van der Waals surface area contributed by atoms with E-state index in [1.807, 2.05) is 30.3 Å². The summed E-state index contributed by atoms with van der Waals surface area (Å²) in [5, 5.41) is 7.56. The van der Waals surface area contributed by atoms with Crippen molar-refractivity contribution in [2.45, 2.75) is 32.4 Å². The van der Waals surface area contributed by atoms with Gasteiger partial charge in [-0.2, -0.15) is 4.98 Å². The Hall–Kier alpha value is -1.43. The van der Waals surface area contributed by atoms with Gasteiger partial charge in [-0.3, -0.25) is 4.90 Å². The average molecular weight is 323 g/mol. The van der Waals surface area contributed by atoms with Crippen LogP contribution in [-0.4, -0.2) is 40.7 Å². The molecule has 2 heterocycles. The SMILES string of the molecule is CCCN(Cc1noc(-c2ccccc2)n1)C1CCNC1.Cl. The molecule has 1 aromatic carbocycles. The molecule has 5 nitrogen and oxygen atoms in total. The Bertz CT molecular complexity index is 554. The number of hydrogen-bond donors (Lipinski definition) is 1. The summed E-state index contributed by atoms with van der Waals surface area (Å²) < 4.78 is 5.39. The van der Waals surface area contributed by atoms with Gasteiger partial charge in [-0.1, -0.05) is 30.3 Å². The van der Waals surface area contributed by atoms with Gasteiger partial charge in [-0.05, 0) is 38.1 Å². The van der Waals surface area contributed by atoms with Gasteiger partial charge in [0.05, 0.1) is 6.54 Å². The number of rotatable bonds is 6. The second-order valence-electron chi connectivity index (χ2n) is 5.50. The van der Waals surface area contributed by atoms with Crippen LogP contribution < -0.4 is 5.32 Å². The van der Waals surface area contributed by atoms with Gasteiger partial charge in [0.25, 0.3) is 5.89 Å². The molecular weight excluding hydrogens is 300 g/mol. The van der Waals surface area contributed by atoms with Crippen LogP contribution in [0.1, 0.15) is 25.6 Å². The molecule has 1 aliphatic rings. The van der Waals surface area contributed by atoms with E-state index in [4.69, 9.17) is 4.52 Å². The van der Waals surface area contributed by atoms with E-state index in [1.165, 1.54) is 6.42 Å². The molecule has 0 radical (unpaired) electrons. The Labute approximate surface area is 137 Å². The second-order valence-corrected chi connectivity index (χ2v) is 5.50. The van der Waals surface area contributed by atoms with Crippen molar-refractivity contribution in [1.82, 2.24) is 20.4 Å². The smallest absolute Gasteiger partial charge is 0.257 e. The number of hydrogen-bond acceptors (Lipinski definition) is 5. The molecule has 0 saturated carbocycles. The predicted molar refractivity (Wildman–Crippen MR) is 89.0 cm³/mol. The van der Waals surface area contributed by atoms with Gasteiger partial charge in [0, 0.05) is 18.2 Å². The Morgan fingerprint density at radius 2 is 2.14 bits per heavy atom. The number of benzene rings is 1. The number of nitrogens with zero attached hydrogens (tertiary/aromatic N) is 3. The average Bonchev–Trinajstić information content (AvgIpc) is 3.19. The number of nitrogens with one attached hydrogen (secondary N) is 1. The van der Waals surface area contributed by atoms with Crippen LogP contribution in [0.15, 0.2) is 34.9 Å². The van der Waals surface area contributed by atoms with Crippen LogP contribution in [0.25, 0.3) is 11.5 Å². The first-order chi connectivity index (χ1) is 10.4. The lowest BCUT2D eigenvalue weighted by Crippen LogP contribution is -2.37. The van der Waals surface area contributed by atoms with E-state index in [2.05, 4.69) is 27.3 Å². The van der Waals surface area contributed by atoms with Gasteiger partial charge in [0.1, 0.15) is 0 Å². The molecule has 0 bridgehead atoms. The molecule has 3 rings (SSSR count). The zero-order chi connectivity index (χ0) is 14.5. The summed E-state index contributed by atoms with van der Waals surface area (Å²) in [6.07, 6.45) is 2.34. The molecule has 0 spiro atoms. The normalized spacial score (nSPS) is 17.6. The van der Waals surface area contributed by atoms with Crippen LogP contribution in [0.2, 0.25) is 0 Å². The minimum atomic E-state index is 0. The third kappa shape index (κ3) is 4.06. The highest BCUT2D eigenvalue weighted by Crippen LogP contribution is 2.18. The Morgan fingerprint density at radius 3 is 2.82 bits per heavy atom. The first kappa shape index (κ1) is 16.9. The third-order valence-electron chi connectivity index (χ3n) is 3.89. The first-order valence-electron chi connectivity index (χ1n) is 7.69. The summed E-state index contributed by atoms with van der Waals surface area (Å²) in [5.41, 5.74) is 0.973. The van der Waals surface area contributed by atoms with E-state index < -0.39 is 0 Å². The monoisotopic (exact) mass is 322 g/mol. The number of aromatic nitrogens is 2. The Morgan fingerprint density at radius 1 is 1.32 bits per heavy atom. The minimum Gasteiger partial charge on any atom is -0.334 e. The molecule has 1 saturated heterocycles. The van der Waals surface area contributed by atoms with E-state index in [0.717, 1.165) is 44.0 Å². The van der Waals surface area contributed by atoms with E-state index >= 15 is 0 Å². The number of halogens is 1. The second kappa shape index (κ2) is 8.27. The van der Waals surface area contributed by atoms with Crippen molar-refractivity contribution >= 4 is 12.4 Å². The lowest BCUT2D eigenvalue weighted by Gasteiger charge is -2.26. The molecule has 1 fully saturated rings. The van der Waals surface area contributed by atoms with Crippen molar-refractivity contribution in [2.24, 2.45) is 0 Å². The third-order valence-corrected chi connectivity index (χ3v) is 3.89. The molecule has 1 aliphatic heterocycles. The van der Waals surface area contributed by atoms with Crippen LogP contribution >= 0.6 is 12.4 Å². The maximum absolute atomic E-state index is 5.39. The van der Waals surface area contributed by atoms with Crippen molar-refractivity contribution in [3.05, 3.63) is 36.2 Å². The quantitative estimate of drug-likeness (QED) is 0.886. The molecule has 120 valence electrons. The predicted octanol–water partition coefficient (Wildman–Crippen LogP) is 2.73. The summed E-state index contributed by atoms with van der Waals surface area (Å²) in [7, 11) is 0. The van der Waals surface area contributed by atoms with Gasteiger partial charge >= 0.3 is 0 Å². The molecule has 1 aromatic heterocycles. The molecule has 1 unspecified atom stereocenters. The minimum absolute atomic E-state index is 0. The van der Waals surface area contributed by atoms with E-state index in [9.17, 15) is 0 Å². The van der Waals surface area contributed by atoms with Gasteiger partial charge in [-0.25, -0.2) is 0 Å². The lowest BCUT2D eigenvalue weighted by atomic mass is 10.2. The largest absolute Gasteiger partial charge is 0.334 e. The van der Waals surface area contributed by atoms with E-state index in [-0.39, 0.29) is 12.4 Å². The molecule has 2 aromatic rings. The summed E-state index contributed by atoms with van der Waals surface area (Å²) in [5.74, 6) is 1.38. The maximum atomic E-state index is 5.39. The van der Waals surface area contributed by atoms with Crippen molar-refractivity contribution in [2.75, 3.05) is 19.6 Å². The zero-order valence-corrected chi connectivity index (χ0v) is 13.7. The highest BCUT2D eigenvalue weighted by Gasteiger charge is 2.23. The highest BCUT2D eigenvalue weighted by molar-refractivity contribution is 5.85. The van der Waals surface area contributed by atoms with Crippen LogP contribution in [0, 0.1) is 0 Å². The van der Waals surface area contributed by atoms with Gasteiger partial charge in [-0.15, -0.1) is 12.4 Å². The molecule has 22 heavy (non-hydrogen) atoms. The zero-order valence-electron chi connectivity index (χ0n) is 12.9. The summed E-state index contributed by atoms with van der Waals surface area (Å²) in [6.45, 7) is 6.20. The fraction of sp³-hybridized carbons (Fsp3) is 0.500. The van der Waals surface area contributed by atoms with Gasteiger partial charge < -0.3 is 9.84 Å². The lowest BCUT2D eigenvalue weighted by molar-refractivity contribution is 0.192. The standard InChI is InChI=1S/C16H22N4O.ClH/c1-2-10-20(14-8-9-17-11-14)12-15-18-16(21-19-15)13-6-4-3-5-7-13;/h3-7,14,17H,2,8-12H2,1H3;1H. The van der Waals surface area contributed by atoms with Crippen molar-refractivity contribution in [3.8, 4) is 11.5 Å². The Kier molecular flexibility index (Phi) is 6.36. The van der Waals surface area contributed by atoms with E-state index in [1.54, 1.807) is 0 Å². The van der Waals surface area contributed by atoms with Gasteiger partial charge in [0.2, 0.25) is 0 Å². The van der Waals surface area contributed by atoms with Crippen molar-refractivity contribution < 1.29 is 4.52 Å². The molecule has 6 heteroatoms. The van der Waals surface area contributed by atoms with Crippen LogP contribution in [0.4, 0.5) is 0 Å². The molecule has 0 amide bonds. The fourth-order valence-electron chi connectivity index (χ4n) is 2.83. The molecule has 1 N–H and O–H groups in total. The van der Waals surface area contributed by atoms with Crippen LogP contribution in [-0.2, 0) is 6.54 Å². The van der Waals surface area contributed by atoms with Crippen LogP contribution in [0.5, 0.6) is 0 Å². The fourth-order valence-corrected chi connectivity index (χ4v) is 2.83. The van der Waals surface area contributed by atoms with Crippen molar-refractivity contribution in [1.29, 1.82) is 0 Å². The van der Waals surface area contributed by atoms with Gasteiger partial charge in [0.15, 0.2) is 5.82 Å². The van der Waals surface area contributed by atoms with Crippen molar-refractivity contribution in [3.63, 3.8) is 0 Å². The van der Waals surface area contributed by atoms with E-state index in [0.29, 0.717) is 11.9 Å². The topological polar surface area (TPSA) is 54.2 Å². The summed E-state index contributed by atoms with van der Waals surface area (Å²) in [4.78, 5) is 6.99. The maximum Gasteiger partial charge on any atom is 0.257 e. The van der Waals surface area contributed by atoms with Crippen LogP contribution in [0.3, 0.4) is 0 Å². The molecule has 0 aliphatic carbocycles. The summed E-state index contributed by atoms with van der Waals surface area (Å²) >= 11 is 0. The molecule has 1 atom stereocenters. The summed E-state index contributed by atoms with van der Waals surface area (Å²) in [6, 6.07) is 10.5. The Balaban J connectivity index is 0.00000176. The first-order valence-corrected chi connectivity index (χ1v) is 7.69. The highest BCUT2D eigenvalue weighted by atomic mass is 35.5. The molecular formula is C16H23ClN4O.